The Bertz CT molecular complexity index is 56.6. The molecule has 2 nitrogen and oxygen atoms in total. The Labute approximate surface area is 66.2 Å². The third-order valence-electron chi connectivity index (χ3n) is 0. The van der Waals surface area contributed by atoms with E-state index in [0.29, 0.717) is 0 Å². The fraction of sp³-hybridized carbons (Fsp3) is 1.00. The van der Waals surface area contributed by atoms with Crippen molar-refractivity contribution in [3.8, 4) is 0 Å². The highest BCUT2D eigenvalue weighted by atomic mass is 28.4. The van der Waals surface area contributed by atoms with Gasteiger partial charge in [-0.25, -0.2) is 0 Å². The molecule has 0 aliphatic rings. The number of rotatable bonds is 0. The van der Waals surface area contributed by atoms with Crippen LogP contribution in [0, 0.1) is 0 Å². The topological polar surface area (TPSA) is 23.1 Å². The lowest BCUT2D eigenvalue weighted by Crippen LogP contribution is -2.38. The number of quaternary nitrogens is 1. The van der Waals surface area contributed by atoms with Crippen LogP contribution >= 0.6 is 0 Å². The van der Waals surface area contributed by atoms with Crippen molar-refractivity contribution < 1.29 is 9.28 Å². The summed E-state index contributed by atoms with van der Waals surface area (Å²) in [5, 5.41) is 0. The van der Waals surface area contributed by atoms with E-state index in [2.05, 4.69) is 28.2 Å². The molecule has 0 atom stereocenters. The van der Waals surface area contributed by atoms with Gasteiger partial charge in [0.1, 0.15) is 0 Å². The lowest BCUT2D eigenvalue weighted by Gasteiger charge is -2.21. The van der Waals surface area contributed by atoms with Gasteiger partial charge in [-0.2, -0.15) is 0 Å². The summed E-state index contributed by atoms with van der Waals surface area (Å²) in [6.07, 6.45) is 0. The Kier molecular flexibility index (Phi) is 5.25. The maximum atomic E-state index is 10.2. The zero-order valence-corrected chi connectivity index (χ0v) is 9.36. The highest BCUT2D eigenvalue weighted by molar-refractivity contribution is 6.66. The van der Waals surface area contributed by atoms with Gasteiger partial charge in [-0.15, -0.1) is 0 Å². The third-order valence-corrected chi connectivity index (χ3v) is 0. The van der Waals surface area contributed by atoms with E-state index in [4.69, 9.17) is 0 Å². The summed E-state index contributed by atoms with van der Waals surface area (Å²) >= 11 is 0. The van der Waals surface area contributed by atoms with Gasteiger partial charge in [0.05, 0.1) is 28.2 Å². The largest absolute Gasteiger partial charge is 0.859 e. The smallest absolute Gasteiger partial charge is 0.0675 e. The summed E-state index contributed by atoms with van der Waals surface area (Å²) in [5.41, 5.74) is 0. The SMILES string of the molecule is C[N+](C)(C)C.C[Si](C)(C)[O-]. The average Bonchev–Trinajstić information content (AvgIpc) is 1.12. The normalized spacial score (nSPS) is 12.0. The molecule has 0 heterocycles. The summed E-state index contributed by atoms with van der Waals surface area (Å²) < 4.78 is 1.00. The van der Waals surface area contributed by atoms with Crippen LogP contribution in [0.15, 0.2) is 0 Å². The van der Waals surface area contributed by atoms with Crippen LogP contribution in [0.4, 0.5) is 0 Å². The molecule has 0 aromatic carbocycles. The van der Waals surface area contributed by atoms with Gasteiger partial charge >= 0.3 is 0 Å². The molecule has 0 N–H and O–H groups in total. The van der Waals surface area contributed by atoms with Crippen molar-refractivity contribution >= 4 is 8.32 Å². The Morgan fingerprint density at radius 3 is 0.900 bits per heavy atom. The number of nitrogens with zero attached hydrogens (tertiary/aromatic N) is 1. The monoisotopic (exact) mass is 163 g/mol. The first kappa shape index (κ1) is 12.8. The molecule has 0 aliphatic heterocycles. The highest BCUT2D eigenvalue weighted by Gasteiger charge is 1.88. The molecule has 3 heteroatoms. The lowest BCUT2D eigenvalue weighted by atomic mass is 10.8. The molecule has 64 valence electrons. The Balaban J connectivity index is 0. The Morgan fingerprint density at radius 2 is 0.900 bits per heavy atom. The second kappa shape index (κ2) is 4.11. The van der Waals surface area contributed by atoms with E-state index >= 15 is 0 Å². The van der Waals surface area contributed by atoms with Crippen molar-refractivity contribution in [2.45, 2.75) is 19.6 Å². The number of hydrogen-bond acceptors (Lipinski definition) is 1. The summed E-state index contributed by atoms with van der Waals surface area (Å²) in [6, 6.07) is 0. The van der Waals surface area contributed by atoms with E-state index in [9.17, 15) is 4.80 Å². The molecule has 0 spiro atoms. The molecule has 0 saturated heterocycles. The molecule has 0 radical (unpaired) electrons. The highest BCUT2D eigenvalue weighted by Crippen LogP contribution is 1.82. The molecule has 0 aromatic heterocycles. The van der Waals surface area contributed by atoms with Gasteiger partial charge < -0.3 is 9.28 Å². The van der Waals surface area contributed by atoms with Crippen molar-refractivity contribution in [3.05, 3.63) is 0 Å². The average molecular weight is 163 g/mol. The minimum atomic E-state index is -1.86. The summed E-state index contributed by atoms with van der Waals surface area (Å²) in [5.74, 6) is 0. The molecule has 0 fully saturated rings. The van der Waals surface area contributed by atoms with Gasteiger partial charge in [0, 0.05) is 0 Å². The molecule has 10 heavy (non-hydrogen) atoms. The van der Waals surface area contributed by atoms with Crippen LogP contribution < -0.4 is 4.80 Å². The fourth-order valence-corrected chi connectivity index (χ4v) is 0. The molecule has 0 rings (SSSR count). The standard InChI is InChI=1S/C4H12N.C3H9OSi/c2*1-5(2,3)4/h1-4H3;1-3H3/q+1;-1. The van der Waals surface area contributed by atoms with Crippen LogP contribution in [0.3, 0.4) is 0 Å². The van der Waals surface area contributed by atoms with E-state index in [1.54, 1.807) is 19.6 Å². The molecule has 0 unspecified atom stereocenters. The fourth-order valence-electron chi connectivity index (χ4n) is 0. The maximum Gasteiger partial charge on any atom is 0.0675 e. The van der Waals surface area contributed by atoms with Crippen molar-refractivity contribution in [1.29, 1.82) is 0 Å². The van der Waals surface area contributed by atoms with E-state index in [-0.39, 0.29) is 0 Å². The van der Waals surface area contributed by atoms with E-state index < -0.39 is 8.32 Å². The number of hydrogen-bond donors (Lipinski definition) is 0. The molecule has 0 bridgehead atoms. The minimum absolute atomic E-state index is 1.00. The van der Waals surface area contributed by atoms with Crippen molar-refractivity contribution in [1.82, 2.24) is 0 Å². The van der Waals surface area contributed by atoms with Crippen LogP contribution in [0.5, 0.6) is 0 Å². The quantitative estimate of drug-likeness (QED) is 0.377. The first-order chi connectivity index (χ1) is 4.00. The van der Waals surface area contributed by atoms with Crippen molar-refractivity contribution in [2.75, 3.05) is 28.2 Å². The second-order valence-corrected chi connectivity index (χ2v) is 9.02. The van der Waals surface area contributed by atoms with E-state index in [1.807, 2.05) is 0 Å². The Hall–Kier alpha value is 0.137. The van der Waals surface area contributed by atoms with Gasteiger partial charge in [0.25, 0.3) is 0 Å². The summed E-state index contributed by atoms with van der Waals surface area (Å²) in [7, 11) is 6.64. The van der Waals surface area contributed by atoms with Gasteiger partial charge in [-0.3, -0.25) is 0 Å². The maximum absolute atomic E-state index is 10.2. The van der Waals surface area contributed by atoms with Crippen LogP contribution in [0.2, 0.25) is 19.6 Å². The summed E-state index contributed by atoms with van der Waals surface area (Å²) in [4.78, 5) is 10.2. The molecular weight excluding hydrogens is 142 g/mol. The third kappa shape index (κ3) is 22100. The Morgan fingerprint density at radius 1 is 0.900 bits per heavy atom. The van der Waals surface area contributed by atoms with Crippen molar-refractivity contribution in [3.63, 3.8) is 0 Å². The van der Waals surface area contributed by atoms with Crippen LogP contribution in [0.25, 0.3) is 0 Å². The first-order valence-electron chi connectivity index (χ1n) is 3.49. The predicted octanol–water partition coefficient (Wildman–Crippen LogP) is 0.504. The second-order valence-electron chi connectivity index (χ2n) is 4.80. The molecule has 0 aliphatic carbocycles. The molecule has 0 aromatic rings. The first-order valence-corrected chi connectivity index (χ1v) is 6.90. The molecule has 0 amide bonds. The zero-order chi connectivity index (χ0) is 9.00. The van der Waals surface area contributed by atoms with Gasteiger partial charge in [0.15, 0.2) is 0 Å². The molecule has 0 saturated carbocycles. The molecular formula is C7H21NOSi. The van der Waals surface area contributed by atoms with E-state index in [1.165, 1.54) is 0 Å². The van der Waals surface area contributed by atoms with Crippen LogP contribution in [-0.4, -0.2) is 41.0 Å². The van der Waals surface area contributed by atoms with Gasteiger partial charge in [-0.1, -0.05) is 28.0 Å². The zero-order valence-electron chi connectivity index (χ0n) is 8.36. The lowest BCUT2D eigenvalue weighted by molar-refractivity contribution is -0.849. The van der Waals surface area contributed by atoms with Crippen molar-refractivity contribution in [2.24, 2.45) is 0 Å². The van der Waals surface area contributed by atoms with Crippen LogP contribution in [-0.2, 0) is 0 Å². The van der Waals surface area contributed by atoms with Gasteiger partial charge in [0.2, 0.25) is 0 Å². The predicted molar refractivity (Wildman–Crippen MR) is 47.3 cm³/mol. The van der Waals surface area contributed by atoms with E-state index in [0.717, 1.165) is 4.48 Å². The summed E-state index contributed by atoms with van der Waals surface area (Å²) in [6.45, 7) is 5.31. The van der Waals surface area contributed by atoms with Gasteiger partial charge in [-0.05, 0) is 0 Å². The minimum Gasteiger partial charge on any atom is -0.859 e. The van der Waals surface area contributed by atoms with Crippen LogP contribution in [0.1, 0.15) is 0 Å².